The first-order chi connectivity index (χ1) is 5.61. The zero-order valence-electron chi connectivity index (χ0n) is 8.39. The Kier molecular flexibility index (Phi) is 4.93. The zero-order valence-corrected chi connectivity index (χ0v) is 8.39. The minimum absolute atomic E-state index is 0.913. The number of nitrogens with zero attached hydrogens (tertiary/aromatic N) is 1. The summed E-state index contributed by atoms with van der Waals surface area (Å²) in [6.45, 7) is 5.81. The van der Waals surface area contributed by atoms with E-state index in [2.05, 4.69) is 22.9 Å². The molecule has 0 unspecified atom stereocenters. The number of rotatable bonds is 4. The summed E-state index contributed by atoms with van der Waals surface area (Å²) in [4.78, 5) is 2.06. The maximum absolute atomic E-state index is 3.80. The number of hydrogen-bond acceptors (Lipinski definition) is 2. The molecule has 0 aromatic rings. The maximum atomic E-state index is 3.80. The van der Waals surface area contributed by atoms with Gasteiger partial charge >= 0.3 is 0 Å². The quantitative estimate of drug-likeness (QED) is 0.640. The van der Waals surface area contributed by atoms with Crippen LogP contribution in [0.1, 0.15) is 6.92 Å². The molecule has 12 heavy (non-hydrogen) atoms. The monoisotopic (exact) mass is 166 g/mol. The molecule has 0 aliphatic carbocycles. The van der Waals surface area contributed by atoms with Gasteiger partial charge in [0.25, 0.3) is 0 Å². The fourth-order valence-electron chi connectivity index (χ4n) is 0.773. The molecule has 2 nitrogen and oxygen atoms in total. The first-order valence-corrected chi connectivity index (χ1v) is 4.00. The van der Waals surface area contributed by atoms with Crippen LogP contribution in [-0.4, -0.2) is 26.0 Å². The summed E-state index contributed by atoms with van der Waals surface area (Å²) in [5.41, 5.74) is 2.09. The number of hydrogen-bond donors (Lipinski definition) is 1. The van der Waals surface area contributed by atoms with E-state index in [1.165, 1.54) is 5.70 Å². The SMILES string of the molecule is C=C(/C=C\C(=C/C)N(C)C)NC. The Morgan fingerprint density at radius 1 is 1.33 bits per heavy atom. The number of nitrogens with one attached hydrogen (secondary N) is 1. The third-order valence-corrected chi connectivity index (χ3v) is 1.59. The number of likely N-dealkylation sites (N-methyl/N-ethyl adjacent to an activating group) is 2. The van der Waals surface area contributed by atoms with Crippen LogP contribution < -0.4 is 5.32 Å². The lowest BCUT2D eigenvalue weighted by Crippen LogP contribution is -2.09. The average molecular weight is 166 g/mol. The zero-order chi connectivity index (χ0) is 9.56. The van der Waals surface area contributed by atoms with E-state index in [4.69, 9.17) is 0 Å². The molecule has 0 aliphatic rings. The second-order valence-corrected chi connectivity index (χ2v) is 2.72. The van der Waals surface area contributed by atoms with Gasteiger partial charge in [-0.2, -0.15) is 0 Å². The van der Waals surface area contributed by atoms with Gasteiger partial charge in [0.15, 0.2) is 0 Å². The highest BCUT2D eigenvalue weighted by Crippen LogP contribution is 2.01. The molecule has 68 valence electrons. The molecular formula is C10H18N2. The second kappa shape index (κ2) is 5.47. The van der Waals surface area contributed by atoms with Gasteiger partial charge in [-0.1, -0.05) is 12.7 Å². The van der Waals surface area contributed by atoms with E-state index in [0.29, 0.717) is 0 Å². The lowest BCUT2D eigenvalue weighted by molar-refractivity contribution is 0.529. The van der Waals surface area contributed by atoms with Crippen LogP contribution in [0.4, 0.5) is 0 Å². The molecule has 0 spiro atoms. The molecule has 0 atom stereocenters. The van der Waals surface area contributed by atoms with Crippen molar-refractivity contribution in [1.29, 1.82) is 0 Å². The van der Waals surface area contributed by atoms with E-state index in [9.17, 15) is 0 Å². The Morgan fingerprint density at radius 2 is 1.92 bits per heavy atom. The predicted molar refractivity (Wildman–Crippen MR) is 54.8 cm³/mol. The summed E-state index contributed by atoms with van der Waals surface area (Å²) < 4.78 is 0. The Hall–Kier alpha value is -1.18. The molecular weight excluding hydrogens is 148 g/mol. The van der Waals surface area contributed by atoms with Crippen molar-refractivity contribution in [3.05, 3.63) is 36.2 Å². The van der Waals surface area contributed by atoms with Crippen LogP contribution in [0.5, 0.6) is 0 Å². The van der Waals surface area contributed by atoms with Crippen molar-refractivity contribution in [2.24, 2.45) is 0 Å². The normalized spacial score (nSPS) is 11.8. The van der Waals surface area contributed by atoms with Crippen LogP contribution in [0.2, 0.25) is 0 Å². The van der Waals surface area contributed by atoms with Crippen molar-refractivity contribution in [2.75, 3.05) is 21.1 Å². The summed E-state index contributed by atoms with van der Waals surface area (Å²) in [6.07, 6.45) is 6.04. The molecule has 0 heterocycles. The topological polar surface area (TPSA) is 15.3 Å². The summed E-state index contributed by atoms with van der Waals surface area (Å²) in [7, 11) is 5.89. The molecule has 0 aromatic carbocycles. The summed E-state index contributed by atoms with van der Waals surface area (Å²) >= 11 is 0. The largest absolute Gasteiger partial charge is 0.389 e. The maximum Gasteiger partial charge on any atom is 0.0318 e. The summed E-state index contributed by atoms with van der Waals surface area (Å²) in [5, 5.41) is 2.96. The van der Waals surface area contributed by atoms with Crippen molar-refractivity contribution in [2.45, 2.75) is 6.92 Å². The molecule has 2 heteroatoms. The van der Waals surface area contributed by atoms with E-state index in [-0.39, 0.29) is 0 Å². The summed E-state index contributed by atoms with van der Waals surface area (Å²) in [6, 6.07) is 0. The molecule has 0 aromatic heterocycles. The molecule has 0 bridgehead atoms. The van der Waals surface area contributed by atoms with Gasteiger partial charge in [0.1, 0.15) is 0 Å². The van der Waals surface area contributed by atoms with Crippen LogP contribution in [0.15, 0.2) is 36.2 Å². The third-order valence-electron chi connectivity index (χ3n) is 1.59. The fourth-order valence-corrected chi connectivity index (χ4v) is 0.773. The van der Waals surface area contributed by atoms with E-state index in [1.54, 1.807) is 0 Å². The van der Waals surface area contributed by atoms with Crippen LogP contribution in [0.25, 0.3) is 0 Å². The highest BCUT2D eigenvalue weighted by molar-refractivity contribution is 5.23. The van der Waals surface area contributed by atoms with Crippen LogP contribution in [-0.2, 0) is 0 Å². The van der Waals surface area contributed by atoms with Gasteiger partial charge in [-0.25, -0.2) is 0 Å². The van der Waals surface area contributed by atoms with Crippen LogP contribution >= 0.6 is 0 Å². The van der Waals surface area contributed by atoms with E-state index < -0.39 is 0 Å². The molecule has 0 rings (SSSR count). The Balaban J connectivity index is 4.22. The average Bonchev–Trinajstić information content (AvgIpc) is 2.04. The molecule has 0 aliphatic heterocycles. The highest BCUT2D eigenvalue weighted by atomic mass is 15.1. The second-order valence-electron chi connectivity index (χ2n) is 2.72. The van der Waals surface area contributed by atoms with Gasteiger partial charge in [0, 0.05) is 32.5 Å². The molecule has 0 radical (unpaired) electrons. The fraction of sp³-hybridized carbons (Fsp3) is 0.400. The molecule has 0 saturated heterocycles. The third kappa shape index (κ3) is 3.86. The first kappa shape index (κ1) is 10.8. The standard InChI is InChI=1S/C10H18N2/c1-6-10(12(4)5)8-7-9(2)11-3/h6-8,11H,2H2,1,3-5H3/b8-7-,10-6+. The highest BCUT2D eigenvalue weighted by Gasteiger charge is 1.90. The lowest BCUT2D eigenvalue weighted by atomic mass is 10.3. The Labute approximate surface area is 75.3 Å². The van der Waals surface area contributed by atoms with Crippen LogP contribution in [0, 0.1) is 0 Å². The molecule has 0 fully saturated rings. The van der Waals surface area contributed by atoms with E-state index >= 15 is 0 Å². The molecule has 1 N–H and O–H groups in total. The van der Waals surface area contributed by atoms with Gasteiger partial charge in [-0.3, -0.25) is 0 Å². The first-order valence-electron chi connectivity index (χ1n) is 4.00. The van der Waals surface area contributed by atoms with Gasteiger partial charge in [-0.15, -0.1) is 0 Å². The minimum atomic E-state index is 0.913. The van der Waals surface area contributed by atoms with E-state index in [0.717, 1.165) is 5.70 Å². The Bertz CT molecular complexity index is 200. The smallest absolute Gasteiger partial charge is 0.0318 e. The predicted octanol–water partition coefficient (Wildman–Crippen LogP) is 1.74. The van der Waals surface area contributed by atoms with Crippen molar-refractivity contribution in [1.82, 2.24) is 10.2 Å². The summed E-state index contributed by atoms with van der Waals surface area (Å²) in [5.74, 6) is 0. The molecule has 0 amide bonds. The van der Waals surface area contributed by atoms with Gasteiger partial charge in [0.05, 0.1) is 0 Å². The Morgan fingerprint density at radius 3 is 2.25 bits per heavy atom. The minimum Gasteiger partial charge on any atom is -0.389 e. The number of allylic oxidation sites excluding steroid dienone is 3. The lowest BCUT2D eigenvalue weighted by Gasteiger charge is -2.12. The van der Waals surface area contributed by atoms with Crippen molar-refractivity contribution < 1.29 is 0 Å². The van der Waals surface area contributed by atoms with Crippen LogP contribution in [0.3, 0.4) is 0 Å². The molecule has 0 saturated carbocycles. The van der Waals surface area contributed by atoms with E-state index in [1.807, 2.05) is 40.2 Å². The van der Waals surface area contributed by atoms with Gasteiger partial charge in [-0.05, 0) is 19.1 Å². The van der Waals surface area contributed by atoms with Crippen molar-refractivity contribution in [3.8, 4) is 0 Å². The van der Waals surface area contributed by atoms with Crippen molar-refractivity contribution in [3.63, 3.8) is 0 Å². The van der Waals surface area contributed by atoms with Crippen molar-refractivity contribution >= 4 is 0 Å². The van der Waals surface area contributed by atoms with Gasteiger partial charge in [0.2, 0.25) is 0 Å². The van der Waals surface area contributed by atoms with Gasteiger partial charge < -0.3 is 10.2 Å².